The predicted molar refractivity (Wildman–Crippen MR) is 113 cm³/mol. The van der Waals surface area contributed by atoms with Crippen LogP contribution in [0.1, 0.15) is 36.6 Å². The lowest BCUT2D eigenvalue weighted by molar-refractivity contribution is -0.128. The maximum absolute atomic E-state index is 13.0. The number of pyridine rings is 1. The van der Waals surface area contributed by atoms with Gasteiger partial charge in [-0.05, 0) is 42.9 Å². The van der Waals surface area contributed by atoms with Crippen molar-refractivity contribution in [2.45, 2.75) is 25.4 Å². The molecule has 1 aliphatic carbocycles. The molecule has 31 heavy (non-hydrogen) atoms. The molecule has 158 valence electrons. The second kappa shape index (κ2) is 7.63. The van der Waals surface area contributed by atoms with Gasteiger partial charge in [0.15, 0.2) is 0 Å². The summed E-state index contributed by atoms with van der Waals surface area (Å²) in [6.45, 7) is 1.64. The molecule has 1 amide bonds. The zero-order valence-electron chi connectivity index (χ0n) is 17.0. The highest BCUT2D eigenvalue weighted by Crippen LogP contribution is 2.56. The van der Waals surface area contributed by atoms with Crippen LogP contribution in [0.4, 0.5) is 5.82 Å². The predicted octanol–water partition coefficient (Wildman–Crippen LogP) is 1.68. The van der Waals surface area contributed by atoms with Crippen molar-refractivity contribution in [2.75, 3.05) is 24.5 Å². The lowest BCUT2D eigenvalue weighted by atomic mass is 9.81. The van der Waals surface area contributed by atoms with Crippen molar-refractivity contribution in [3.63, 3.8) is 0 Å². The highest BCUT2D eigenvalue weighted by Gasteiger charge is 2.55. The summed E-state index contributed by atoms with van der Waals surface area (Å²) in [6, 6.07) is 7.20. The second-order valence-electron chi connectivity index (χ2n) is 8.41. The fourth-order valence-electron chi connectivity index (χ4n) is 4.62. The van der Waals surface area contributed by atoms with Gasteiger partial charge in [0, 0.05) is 37.9 Å². The van der Waals surface area contributed by atoms with E-state index in [2.05, 4.69) is 30.2 Å². The summed E-state index contributed by atoms with van der Waals surface area (Å²) in [5.74, 6) is 0.825. The van der Waals surface area contributed by atoms with Crippen molar-refractivity contribution in [2.24, 2.45) is 11.3 Å². The molecule has 2 atom stereocenters. The summed E-state index contributed by atoms with van der Waals surface area (Å²) in [5, 5.41) is 23.1. The van der Waals surface area contributed by atoms with E-state index >= 15 is 0 Å². The van der Waals surface area contributed by atoms with Crippen molar-refractivity contribution in [1.29, 1.82) is 5.26 Å². The summed E-state index contributed by atoms with van der Waals surface area (Å²) < 4.78 is 0. The number of hydrogen-bond donors (Lipinski definition) is 3. The molecule has 1 spiro atoms. The SMILES string of the molecule is N#Cc1ccc([C@@H](O)CNC(=O)C2CCN(c3ncnc4[nH]ccc34)CC23CC3)nc1. The molecule has 3 aromatic rings. The average Bonchev–Trinajstić information content (AvgIpc) is 3.38. The topological polar surface area (TPSA) is 131 Å². The zero-order chi connectivity index (χ0) is 21.4. The van der Waals surface area contributed by atoms with Crippen LogP contribution in [0.2, 0.25) is 0 Å². The van der Waals surface area contributed by atoms with E-state index in [1.165, 1.54) is 6.20 Å². The smallest absolute Gasteiger partial charge is 0.223 e. The molecule has 0 aromatic carbocycles. The zero-order valence-corrected chi connectivity index (χ0v) is 17.0. The third-order valence-electron chi connectivity index (χ3n) is 6.50. The van der Waals surface area contributed by atoms with Crippen LogP contribution in [0.5, 0.6) is 0 Å². The Hall–Kier alpha value is -3.51. The highest BCUT2D eigenvalue weighted by molar-refractivity contribution is 5.87. The first kappa shape index (κ1) is 19.5. The number of aliphatic hydroxyl groups is 1. The van der Waals surface area contributed by atoms with Crippen molar-refractivity contribution in [3.8, 4) is 6.07 Å². The van der Waals surface area contributed by atoms with Crippen molar-refractivity contribution >= 4 is 22.8 Å². The van der Waals surface area contributed by atoms with Crippen LogP contribution in [-0.4, -0.2) is 50.6 Å². The van der Waals surface area contributed by atoms with E-state index in [0.717, 1.165) is 49.2 Å². The van der Waals surface area contributed by atoms with E-state index in [0.29, 0.717) is 11.3 Å². The van der Waals surface area contributed by atoms with Gasteiger partial charge in [-0.3, -0.25) is 9.78 Å². The Labute approximate surface area is 179 Å². The van der Waals surface area contributed by atoms with Gasteiger partial charge in [-0.15, -0.1) is 0 Å². The third kappa shape index (κ3) is 3.59. The quantitative estimate of drug-likeness (QED) is 0.576. The molecule has 9 heteroatoms. The highest BCUT2D eigenvalue weighted by atomic mass is 16.3. The van der Waals surface area contributed by atoms with Crippen LogP contribution >= 0.6 is 0 Å². The minimum atomic E-state index is -0.908. The van der Waals surface area contributed by atoms with Crippen molar-refractivity contribution < 1.29 is 9.90 Å². The molecule has 1 saturated carbocycles. The van der Waals surface area contributed by atoms with E-state index in [9.17, 15) is 9.90 Å². The monoisotopic (exact) mass is 417 g/mol. The molecule has 1 unspecified atom stereocenters. The number of aliphatic hydroxyl groups excluding tert-OH is 1. The number of hydrogen-bond acceptors (Lipinski definition) is 7. The van der Waals surface area contributed by atoms with Crippen LogP contribution in [-0.2, 0) is 4.79 Å². The first-order valence-corrected chi connectivity index (χ1v) is 10.4. The summed E-state index contributed by atoms with van der Waals surface area (Å²) in [6.07, 6.45) is 6.73. The minimum Gasteiger partial charge on any atom is -0.385 e. The number of anilines is 1. The average molecular weight is 417 g/mol. The Bertz CT molecular complexity index is 1150. The normalized spacial score (nSPS) is 20.4. The summed E-state index contributed by atoms with van der Waals surface area (Å²) in [4.78, 5) is 31.2. The Morgan fingerprint density at radius 2 is 2.23 bits per heavy atom. The van der Waals surface area contributed by atoms with Crippen LogP contribution in [0.3, 0.4) is 0 Å². The number of carbonyl (C=O) groups is 1. The fraction of sp³-hybridized carbons (Fsp3) is 0.409. The second-order valence-corrected chi connectivity index (χ2v) is 8.41. The largest absolute Gasteiger partial charge is 0.385 e. The summed E-state index contributed by atoms with van der Waals surface area (Å²) >= 11 is 0. The van der Waals surface area contributed by atoms with Gasteiger partial charge in [-0.1, -0.05) is 0 Å². The number of nitriles is 1. The molecular formula is C22H23N7O2. The molecule has 1 aliphatic heterocycles. The number of piperidine rings is 1. The molecule has 4 heterocycles. The van der Waals surface area contributed by atoms with Crippen molar-refractivity contribution in [1.82, 2.24) is 25.3 Å². The Kier molecular flexibility index (Phi) is 4.79. The Morgan fingerprint density at radius 1 is 1.35 bits per heavy atom. The van der Waals surface area contributed by atoms with Gasteiger partial charge < -0.3 is 20.3 Å². The molecule has 3 N–H and O–H groups in total. The molecular weight excluding hydrogens is 394 g/mol. The molecule has 1 saturated heterocycles. The van der Waals surface area contributed by atoms with Crippen LogP contribution < -0.4 is 10.2 Å². The Balaban J connectivity index is 1.23. The molecule has 3 aromatic heterocycles. The van der Waals surface area contributed by atoms with Gasteiger partial charge in [0.25, 0.3) is 0 Å². The number of aromatic amines is 1. The van der Waals surface area contributed by atoms with E-state index in [1.54, 1.807) is 18.5 Å². The number of aromatic nitrogens is 4. The van der Waals surface area contributed by atoms with Crippen LogP contribution in [0.25, 0.3) is 11.0 Å². The number of rotatable bonds is 5. The van der Waals surface area contributed by atoms with Gasteiger partial charge >= 0.3 is 0 Å². The molecule has 0 bridgehead atoms. The summed E-state index contributed by atoms with van der Waals surface area (Å²) in [5.41, 5.74) is 1.66. The number of carbonyl (C=O) groups excluding carboxylic acids is 1. The van der Waals surface area contributed by atoms with E-state index < -0.39 is 6.10 Å². The number of fused-ring (bicyclic) bond motifs is 1. The van der Waals surface area contributed by atoms with Crippen molar-refractivity contribution in [3.05, 3.63) is 48.2 Å². The number of nitrogens with one attached hydrogen (secondary N) is 2. The van der Waals surface area contributed by atoms with Gasteiger partial charge in [-0.25, -0.2) is 9.97 Å². The van der Waals surface area contributed by atoms with E-state index in [-0.39, 0.29) is 23.8 Å². The minimum absolute atomic E-state index is 0.0145. The Morgan fingerprint density at radius 3 is 2.97 bits per heavy atom. The number of amides is 1. The standard InChI is InChI=1S/C22H23N7O2/c23-9-14-1-2-17(25-10-14)18(30)11-26-21(31)16-4-8-29(12-22(16)5-6-22)20-15-3-7-24-19(15)27-13-28-20/h1-3,7,10,13,16,18,30H,4-6,8,11-12H2,(H,26,31)(H,24,27,28)/t16?,18-/m0/s1. The fourth-order valence-corrected chi connectivity index (χ4v) is 4.62. The lowest BCUT2D eigenvalue weighted by Crippen LogP contribution is -2.48. The molecule has 0 radical (unpaired) electrons. The number of nitrogens with zero attached hydrogens (tertiary/aromatic N) is 5. The lowest BCUT2D eigenvalue weighted by Gasteiger charge is -2.39. The first-order chi connectivity index (χ1) is 15.1. The summed E-state index contributed by atoms with van der Waals surface area (Å²) in [7, 11) is 0. The van der Waals surface area contributed by atoms with E-state index in [4.69, 9.17) is 5.26 Å². The first-order valence-electron chi connectivity index (χ1n) is 10.4. The van der Waals surface area contributed by atoms with Gasteiger partial charge in [0.05, 0.1) is 16.6 Å². The van der Waals surface area contributed by atoms with Gasteiger partial charge in [0.2, 0.25) is 5.91 Å². The van der Waals surface area contributed by atoms with Crippen LogP contribution in [0.15, 0.2) is 36.9 Å². The maximum atomic E-state index is 13.0. The third-order valence-corrected chi connectivity index (χ3v) is 6.50. The van der Waals surface area contributed by atoms with Gasteiger partial charge in [0.1, 0.15) is 30.0 Å². The molecule has 9 nitrogen and oxygen atoms in total. The maximum Gasteiger partial charge on any atom is 0.223 e. The molecule has 2 fully saturated rings. The van der Waals surface area contributed by atoms with E-state index in [1.807, 2.05) is 18.3 Å². The molecule has 2 aliphatic rings. The van der Waals surface area contributed by atoms with Gasteiger partial charge in [-0.2, -0.15) is 5.26 Å². The number of H-pyrrole nitrogens is 1. The van der Waals surface area contributed by atoms with Crippen LogP contribution in [0, 0.1) is 22.7 Å². The molecule has 5 rings (SSSR count).